The number of aliphatic hydroxyl groups is 1. The molecule has 0 unspecified atom stereocenters. The fraction of sp³-hybridized carbons (Fsp3) is 0.333. The second-order valence-electron chi connectivity index (χ2n) is 6.87. The summed E-state index contributed by atoms with van der Waals surface area (Å²) in [6.07, 6.45) is -0.687. The number of β-amino-alcohol motifs (C(OH)–C–C–N with tert-alkyl or cyclic N) is 1. The second kappa shape index (κ2) is 7.61. The minimum Gasteiger partial charge on any atom is -0.496 e. The average molecular weight is 381 g/mol. The van der Waals surface area contributed by atoms with Crippen molar-refractivity contribution in [3.63, 3.8) is 0 Å². The third-order valence-electron chi connectivity index (χ3n) is 5.07. The summed E-state index contributed by atoms with van der Waals surface area (Å²) in [5.41, 5.74) is 3.74. The topological polar surface area (TPSA) is 80.9 Å². The fourth-order valence-electron chi connectivity index (χ4n) is 3.71. The highest BCUT2D eigenvalue weighted by molar-refractivity contribution is 5.59. The summed E-state index contributed by atoms with van der Waals surface area (Å²) in [6.45, 7) is 3.49. The van der Waals surface area contributed by atoms with Crippen LogP contribution in [-0.2, 0) is 13.1 Å². The van der Waals surface area contributed by atoms with Gasteiger partial charge in [0, 0.05) is 29.8 Å². The van der Waals surface area contributed by atoms with Crippen molar-refractivity contribution in [2.75, 3.05) is 20.8 Å². The van der Waals surface area contributed by atoms with Crippen molar-refractivity contribution in [1.29, 1.82) is 0 Å². The molecule has 0 radical (unpaired) electrons. The Morgan fingerprint density at radius 2 is 1.89 bits per heavy atom. The first-order chi connectivity index (χ1) is 13.6. The van der Waals surface area contributed by atoms with Crippen molar-refractivity contribution in [1.82, 2.24) is 15.0 Å². The minimum atomic E-state index is -0.687. The highest BCUT2D eigenvalue weighted by Gasteiger charge is 2.30. The van der Waals surface area contributed by atoms with E-state index in [0.29, 0.717) is 37.1 Å². The maximum atomic E-state index is 10.7. The quantitative estimate of drug-likeness (QED) is 0.727. The minimum absolute atomic E-state index is 0.440. The largest absolute Gasteiger partial charge is 0.496 e. The monoisotopic (exact) mass is 381 g/mol. The molecule has 0 aliphatic carbocycles. The van der Waals surface area contributed by atoms with Crippen LogP contribution < -0.4 is 9.47 Å². The number of methoxy groups -OCH3 is 2. The van der Waals surface area contributed by atoms with E-state index < -0.39 is 6.10 Å². The molecule has 7 nitrogen and oxygen atoms in total. The SMILES string of the molecule is COc1ccc(OC)c2c1CN(Cc1nc(-c3ccccc3C)no1)C[C@@H]2O. The lowest BCUT2D eigenvalue weighted by Gasteiger charge is -2.33. The lowest BCUT2D eigenvalue weighted by Crippen LogP contribution is -2.33. The van der Waals surface area contributed by atoms with Crippen LogP contribution in [0.4, 0.5) is 0 Å². The molecule has 1 aliphatic rings. The van der Waals surface area contributed by atoms with E-state index in [4.69, 9.17) is 14.0 Å². The maximum absolute atomic E-state index is 10.7. The zero-order valence-electron chi connectivity index (χ0n) is 16.2. The summed E-state index contributed by atoms with van der Waals surface area (Å²) in [6, 6.07) is 11.6. The number of aromatic nitrogens is 2. The van der Waals surface area contributed by atoms with E-state index in [9.17, 15) is 5.11 Å². The molecule has 1 atom stereocenters. The van der Waals surface area contributed by atoms with Crippen LogP contribution in [0.5, 0.6) is 11.5 Å². The third-order valence-corrected chi connectivity index (χ3v) is 5.07. The lowest BCUT2D eigenvalue weighted by molar-refractivity contribution is 0.0779. The number of aliphatic hydroxyl groups excluding tert-OH is 1. The number of aryl methyl sites for hydroxylation is 1. The molecule has 2 heterocycles. The van der Waals surface area contributed by atoms with Gasteiger partial charge in [-0.05, 0) is 24.6 Å². The smallest absolute Gasteiger partial charge is 0.241 e. The van der Waals surface area contributed by atoms with E-state index in [1.54, 1.807) is 14.2 Å². The first kappa shape index (κ1) is 18.5. The lowest BCUT2D eigenvalue weighted by atomic mass is 9.95. The number of rotatable bonds is 5. The van der Waals surface area contributed by atoms with Gasteiger partial charge in [0.1, 0.15) is 11.5 Å². The van der Waals surface area contributed by atoms with Crippen molar-refractivity contribution in [3.8, 4) is 22.9 Å². The number of ether oxygens (including phenoxy) is 2. The van der Waals surface area contributed by atoms with Gasteiger partial charge in [0.25, 0.3) is 0 Å². The Morgan fingerprint density at radius 1 is 1.14 bits per heavy atom. The van der Waals surface area contributed by atoms with Gasteiger partial charge in [-0.15, -0.1) is 0 Å². The Labute approximate surface area is 163 Å². The number of hydrogen-bond donors (Lipinski definition) is 1. The predicted octanol–water partition coefficient (Wildman–Crippen LogP) is 3.11. The molecule has 146 valence electrons. The Hall–Kier alpha value is -2.90. The predicted molar refractivity (Wildman–Crippen MR) is 103 cm³/mol. The first-order valence-electron chi connectivity index (χ1n) is 9.13. The van der Waals surface area contributed by atoms with Crippen LogP contribution in [-0.4, -0.2) is 40.9 Å². The highest BCUT2D eigenvalue weighted by Crippen LogP contribution is 2.39. The Balaban J connectivity index is 1.58. The second-order valence-corrected chi connectivity index (χ2v) is 6.87. The standard InChI is InChI=1S/C21H23N3O4/c1-13-6-4-5-7-14(13)21-22-19(28-23-21)12-24-10-15-17(26-2)8-9-18(27-3)20(15)16(25)11-24/h4-9,16,25H,10-12H2,1-3H3/t16-/m0/s1. The summed E-state index contributed by atoms with van der Waals surface area (Å²) < 4.78 is 16.4. The van der Waals surface area contributed by atoms with E-state index in [0.717, 1.165) is 28.0 Å². The molecule has 2 aromatic carbocycles. The molecule has 4 rings (SSSR count). The number of fused-ring (bicyclic) bond motifs is 1. The summed E-state index contributed by atoms with van der Waals surface area (Å²) in [5, 5.41) is 14.8. The molecule has 0 saturated carbocycles. The Morgan fingerprint density at radius 3 is 2.64 bits per heavy atom. The van der Waals surface area contributed by atoms with Crippen molar-refractivity contribution < 1.29 is 19.1 Å². The molecular weight excluding hydrogens is 358 g/mol. The number of nitrogens with zero attached hydrogens (tertiary/aromatic N) is 3. The van der Waals surface area contributed by atoms with Gasteiger partial charge in [0.15, 0.2) is 0 Å². The van der Waals surface area contributed by atoms with E-state index >= 15 is 0 Å². The van der Waals surface area contributed by atoms with Crippen molar-refractivity contribution in [2.24, 2.45) is 0 Å². The number of benzene rings is 2. The molecule has 0 saturated heterocycles. The molecule has 1 aliphatic heterocycles. The Bertz CT molecular complexity index is 986. The molecule has 1 aromatic heterocycles. The van der Waals surface area contributed by atoms with Crippen LogP contribution in [0.15, 0.2) is 40.9 Å². The summed E-state index contributed by atoms with van der Waals surface area (Å²) in [5.74, 6) is 2.48. The maximum Gasteiger partial charge on any atom is 0.241 e. The molecule has 0 bridgehead atoms. The summed E-state index contributed by atoms with van der Waals surface area (Å²) in [7, 11) is 3.23. The van der Waals surface area contributed by atoms with E-state index in [-0.39, 0.29) is 0 Å². The summed E-state index contributed by atoms with van der Waals surface area (Å²) in [4.78, 5) is 6.60. The van der Waals surface area contributed by atoms with Crippen LogP contribution in [0.3, 0.4) is 0 Å². The molecule has 3 aromatic rings. The molecule has 28 heavy (non-hydrogen) atoms. The average Bonchev–Trinajstić information content (AvgIpc) is 3.15. The molecule has 0 amide bonds. The van der Waals surface area contributed by atoms with Crippen LogP contribution >= 0.6 is 0 Å². The summed E-state index contributed by atoms with van der Waals surface area (Å²) >= 11 is 0. The zero-order chi connectivity index (χ0) is 19.7. The van der Waals surface area contributed by atoms with Gasteiger partial charge < -0.3 is 19.1 Å². The van der Waals surface area contributed by atoms with Crippen LogP contribution in [0.25, 0.3) is 11.4 Å². The van der Waals surface area contributed by atoms with Gasteiger partial charge in [-0.1, -0.05) is 29.4 Å². The Kier molecular flexibility index (Phi) is 5.02. The van der Waals surface area contributed by atoms with Crippen molar-refractivity contribution in [2.45, 2.75) is 26.1 Å². The van der Waals surface area contributed by atoms with Gasteiger partial charge in [-0.2, -0.15) is 4.98 Å². The molecule has 7 heteroatoms. The molecule has 0 spiro atoms. The van der Waals surface area contributed by atoms with Crippen LogP contribution in [0.2, 0.25) is 0 Å². The van der Waals surface area contributed by atoms with Crippen molar-refractivity contribution >= 4 is 0 Å². The zero-order valence-corrected chi connectivity index (χ0v) is 16.2. The van der Waals surface area contributed by atoms with Gasteiger partial charge in [-0.25, -0.2) is 0 Å². The number of hydrogen-bond acceptors (Lipinski definition) is 7. The molecule has 0 fully saturated rings. The van der Waals surface area contributed by atoms with Gasteiger partial charge in [0.05, 0.1) is 26.9 Å². The van der Waals surface area contributed by atoms with E-state index in [1.165, 1.54) is 0 Å². The van der Waals surface area contributed by atoms with Crippen LogP contribution in [0, 0.1) is 6.92 Å². The first-order valence-corrected chi connectivity index (χ1v) is 9.13. The molecule has 1 N–H and O–H groups in total. The normalized spacial score (nSPS) is 16.6. The highest BCUT2D eigenvalue weighted by atomic mass is 16.5. The van der Waals surface area contributed by atoms with E-state index in [2.05, 4.69) is 15.0 Å². The molecular formula is C21H23N3O4. The fourth-order valence-corrected chi connectivity index (χ4v) is 3.71. The van der Waals surface area contributed by atoms with Crippen molar-refractivity contribution in [3.05, 3.63) is 59.0 Å². The van der Waals surface area contributed by atoms with Gasteiger partial charge in [-0.3, -0.25) is 4.90 Å². The van der Waals surface area contributed by atoms with Gasteiger partial charge in [0.2, 0.25) is 11.7 Å². The van der Waals surface area contributed by atoms with Crippen LogP contribution in [0.1, 0.15) is 28.7 Å². The van der Waals surface area contributed by atoms with E-state index in [1.807, 2.05) is 43.3 Å². The van der Waals surface area contributed by atoms with Gasteiger partial charge >= 0.3 is 0 Å². The third kappa shape index (κ3) is 3.34.